The number of oxazole rings is 1. The van der Waals surface area contributed by atoms with Crippen LogP contribution in [0.3, 0.4) is 0 Å². The Balaban J connectivity index is 1.99. The van der Waals surface area contributed by atoms with E-state index in [4.69, 9.17) is 9.52 Å². The number of halogens is 1. The second-order valence-electron chi connectivity index (χ2n) is 6.16. The number of hydrogen-bond acceptors (Lipinski definition) is 4. The topological polar surface area (TPSA) is 83.6 Å². The zero-order chi connectivity index (χ0) is 18.4. The number of aryl methyl sites for hydroxylation is 1. The molecule has 1 aromatic carbocycles. The minimum atomic E-state index is -1.05. The first-order valence-electron chi connectivity index (χ1n) is 8.06. The summed E-state index contributed by atoms with van der Waals surface area (Å²) in [4.78, 5) is 28.5. The van der Waals surface area contributed by atoms with Crippen LogP contribution in [-0.4, -0.2) is 40.0 Å². The van der Waals surface area contributed by atoms with Crippen molar-refractivity contribution in [1.29, 1.82) is 0 Å². The lowest BCUT2D eigenvalue weighted by molar-refractivity contribution is -0.144. The first kappa shape index (κ1) is 18.6. The molecule has 0 fully saturated rings. The maximum atomic E-state index is 13.7. The second kappa shape index (κ2) is 8.41. The molecule has 2 aromatic rings. The smallest absolute Gasteiger partial charge is 0.323 e. The van der Waals surface area contributed by atoms with Crippen molar-refractivity contribution in [3.8, 4) is 11.3 Å². The quantitative estimate of drug-likeness (QED) is 0.793. The number of carbonyl (C=O) groups excluding carboxylic acids is 1. The molecule has 0 radical (unpaired) electrons. The third-order valence-corrected chi connectivity index (χ3v) is 3.51. The summed E-state index contributed by atoms with van der Waals surface area (Å²) >= 11 is 0. The first-order chi connectivity index (χ1) is 11.9. The summed E-state index contributed by atoms with van der Waals surface area (Å²) < 4.78 is 19.2. The summed E-state index contributed by atoms with van der Waals surface area (Å²) in [6.07, 6.45) is 1.72. The molecule has 0 saturated heterocycles. The standard InChI is InChI=1S/C18H21FN2O4/c1-12(2)10-21(11-18(23)24)17(22)8-7-16-20-9-15(25-16)13-5-3-4-6-14(13)19/h3-6,9,12H,7-8,10-11H2,1-2H3,(H,23,24). The molecule has 1 heterocycles. The second-order valence-corrected chi connectivity index (χ2v) is 6.16. The Morgan fingerprint density at radius 3 is 2.68 bits per heavy atom. The molecule has 0 spiro atoms. The molecule has 0 unspecified atom stereocenters. The number of nitrogens with zero attached hydrogens (tertiary/aromatic N) is 2. The van der Waals surface area contributed by atoms with E-state index in [1.165, 1.54) is 17.2 Å². The van der Waals surface area contributed by atoms with Crippen LogP contribution in [-0.2, 0) is 16.0 Å². The van der Waals surface area contributed by atoms with Crippen LogP contribution in [0.15, 0.2) is 34.9 Å². The van der Waals surface area contributed by atoms with Gasteiger partial charge in [-0.1, -0.05) is 26.0 Å². The lowest BCUT2D eigenvalue weighted by Crippen LogP contribution is -2.38. The molecule has 2 rings (SSSR count). The molecule has 1 amide bonds. The van der Waals surface area contributed by atoms with Gasteiger partial charge in [-0.2, -0.15) is 0 Å². The minimum absolute atomic E-state index is 0.0806. The Kier molecular flexibility index (Phi) is 6.27. The van der Waals surface area contributed by atoms with Crippen LogP contribution < -0.4 is 0 Å². The number of amides is 1. The predicted molar refractivity (Wildman–Crippen MR) is 89.3 cm³/mol. The van der Waals surface area contributed by atoms with Gasteiger partial charge in [0.25, 0.3) is 0 Å². The van der Waals surface area contributed by atoms with Gasteiger partial charge in [0.2, 0.25) is 5.91 Å². The highest BCUT2D eigenvalue weighted by molar-refractivity contribution is 5.81. The average molecular weight is 348 g/mol. The normalized spacial score (nSPS) is 10.9. The molecule has 1 N–H and O–H groups in total. The summed E-state index contributed by atoms with van der Waals surface area (Å²) in [5.41, 5.74) is 0.305. The Labute approximate surface area is 145 Å². The van der Waals surface area contributed by atoms with Crippen LogP contribution in [0.25, 0.3) is 11.3 Å². The molecule has 0 aliphatic heterocycles. The van der Waals surface area contributed by atoms with Gasteiger partial charge in [-0.05, 0) is 18.1 Å². The number of rotatable bonds is 8. The molecular weight excluding hydrogens is 327 g/mol. The van der Waals surface area contributed by atoms with E-state index in [0.29, 0.717) is 23.8 Å². The number of benzene rings is 1. The van der Waals surface area contributed by atoms with Gasteiger partial charge >= 0.3 is 5.97 Å². The molecule has 1 aromatic heterocycles. The summed E-state index contributed by atoms with van der Waals surface area (Å²) in [6.45, 7) is 3.87. The van der Waals surface area contributed by atoms with Crippen molar-refractivity contribution in [2.45, 2.75) is 26.7 Å². The molecule has 0 saturated carbocycles. The van der Waals surface area contributed by atoms with Gasteiger partial charge in [-0.3, -0.25) is 9.59 Å². The van der Waals surface area contributed by atoms with Crippen LogP contribution in [0.1, 0.15) is 26.2 Å². The van der Waals surface area contributed by atoms with Crippen molar-refractivity contribution < 1.29 is 23.5 Å². The highest BCUT2D eigenvalue weighted by Gasteiger charge is 2.19. The van der Waals surface area contributed by atoms with E-state index in [2.05, 4.69) is 4.98 Å². The lowest BCUT2D eigenvalue weighted by Gasteiger charge is -2.22. The van der Waals surface area contributed by atoms with Gasteiger partial charge in [0.05, 0.1) is 11.8 Å². The van der Waals surface area contributed by atoms with Crippen molar-refractivity contribution in [3.63, 3.8) is 0 Å². The Morgan fingerprint density at radius 1 is 1.32 bits per heavy atom. The number of aromatic nitrogens is 1. The SMILES string of the molecule is CC(C)CN(CC(=O)O)C(=O)CCc1ncc(-c2ccccc2F)o1. The Morgan fingerprint density at radius 2 is 2.04 bits per heavy atom. The molecule has 134 valence electrons. The van der Waals surface area contributed by atoms with Gasteiger partial charge in [0, 0.05) is 19.4 Å². The van der Waals surface area contributed by atoms with Crippen LogP contribution >= 0.6 is 0 Å². The van der Waals surface area contributed by atoms with E-state index in [9.17, 15) is 14.0 Å². The van der Waals surface area contributed by atoms with Crippen molar-refractivity contribution in [2.75, 3.05) is 13.1 Å². The highest BCUT2D eigenvalue weighted by atomic mass is 19.1. The fourth-order valence-corrected chi connectivity index (χ4v) is 2.44. The van der Waals surface area contributed by atoms with Crippen LogP contribution in [0.5, 0.6) is 0 Å². The van der Waals surface area contributed by atoms with E-state index in [0.717, 1.165) is 0 Å². The van der Waals surface area contributed by atoms with Crippen LogP contribution in [0.2, 0.25) is 0 Å². The van der Waals surface area contributed by atoms with Crippen LogP contribution in [0, 0.1) is 11.7 Å². The summed E-state index contributed by atoms with van der Waals surface area (Å²) in [6, 6.07) is 6.19. The van der Waals surface area contributed by atoms with E-state index < -0.39 is 11.8 Å². The first-order valence-corrected chi connectivity index (χ1v) is 8.06. The third-order valence-electron chi connectivity index (χ3n) is 3.51. The molecule has 7 heteroatoms. The van der Waals surface area contributed by atoms with Gasteiger partial charge in [-0.15, -0.1) is 0 Å². The molecule has 0 bridgehead atoms. The van der Waals surface area contributed by atoms with Gasteiger partial charge in [0.15, 0.2) is 11.7 Å². The Bertz CT molecular complexity index is 742. The van der Waals surface area contributed by atoms with E-state index in [1.807, 2.05) is 13.8 Å². The summed E-state index contributed by atoms with van der Waals surface area (Å²) in [5, 5.41) is 8.93. The lowest BCUT2D eigenvalue weighted by atomic mass is 10.2. The largest absolute Gasteiger partial charge is 0.480 e. The number of carboxylic acid groups (broad SMARTS) is 1. The fraction of sp³-hybridized carbons (Fsp3) is 0.389. The van der Waals surface area contributed by atoms with E-state index >= 15 is 0 Å². The average Bonchev–Trinajstić information content (AvgIpc) is 3.00. The minimum Gasteiger partial charge on any atom is -0.480 e. The number of aliphatic carboxylic acids is 1. The molecule has 0 aliphatic carbocycles. The maximum Gasteiger partial charge on any atom is 0.323 e. The molecule has 6 nitrogen and oxygen atoms in total. The summed E-state index contributed by atoms with van der Waals surface area (Å²) in [7, 11) is 0. The number of hydrogen-bond donors (Lipinski definition) is 1. The van der Waals surface area contributed by atoms with E-state index in [-0.39, 0.29) is 31.2 Å². The van der Waals surface area contributed by atoms with Gasteiger partial charge in [-0.25, -0.2) is 9.37 Å². The van der Waals surface area contributed by atoms with Crippen LogP contribution in [0.4, 0.5) is 4.39 Å². The van der Waals surface area contributed by atoms with Crippen molar-refractivity contribution in [3.05, 3.63) is 42.2 Å². The monoisotopic (exact) mass is 348 g/mol. The third kappa shape index (κ3) is 5.41. The van der Waals surface area contributed by atoms with Crippen molar-refractivity contribution >= 4 is 11.9 Å². The number of carboxylic acids is 1. The van der Waals surface area contributed by atoms with Gasteiger partial charge < -0.3 is 14.4 Å². The summed E-state index contributed by atoms with van der Waals surface area (Å²) in [5.74, 6) is -0.964. The predicted octanol–water partition coefficient (Wildman–Crippen LogP) is 2.98. The van der Waals surface area contributed by atoms with Crippen molar-refractivity contribution in [1.82, 2.24) is 9.88 Å². The van der Waals surface area contributed by atoms with E-state index in [1.54, 1.807) is 18.2 Å². The van der Waals surface area contributed by atoms with Gasteiger partial charge in [0.1, 0.15) is 12.4 Å². The number of carbonyl (C=O) groups is 2. The zero-order valence-corrected chi connectivity index (χ0v) is 14.2. The maximum absolute atomic E-state index is 13.7. The fourth-order valence-electron chi connectivity index (χ4n) is 2.44. The Hall–Kier alpha value is -2.70. The molecule has 0 atom stereocenters. The zero-order valence-electron chi connectivity index (χ0n) is 14.2. The van der Waals surface area contributed by atoms with Crippen molar-refractivity contribution in [2.24, 2.45) is 5.92 Å². The molecule has 0 aliphatic rings. The molecular formula is C18H21FN2O4. The highest BCUT2D eigenvalue weighted by Crippen LogP contribution is 2.23. The molecule has 25 heavy (non-hydrogen) atoms.